The first-order valence-corrected chi connectivity index (χ1v) is 20.1. The van der Waals surface area contributed by atoms with E-state index in [1.165, 1.54) is 77.0 Å². The van der Waals surface area contributed by atoms with E-state index in [2.05, 4.69) is 67.4 Å². The van der Waals surface area contributed by atoms with Gasteiger partial charge in [0.25, 0.3) is 0 Å². The molecule has 1 aliphatic carbocycles. The van der Waals surface area contributed by atoms with Gasteiger partial charge in [-0.1, -0.05) is 127 Å². The molecule has 0 aromatic heterocycles. The van der Waals surface area contributed by atoms with E-state index in [4.69, 9.17) is 9.47 Å². The summed E-state index contributed by atoms with van der Waals surface area (Å²) in [6.07, 6.45) is 45.5. The minimum absolute atomic E-state index is 0.153. The number of rotatable bonds is 31. The van der Waals surface area contributed by atoms with Gasteiger partial charge in [0, 0.05) is 31.7 Å². The van der Waals surface area contributed by atoms with Crippen LogP contribution >= 0.6 is 0 Å². The highest BCUT2D eigenvalue weighted by Crippen LogP contribution is 2.29. The van der Waals surface area contributed by atoms with Crippen molar-refractivity contribution >= 4 is 11.9 Å². The van der Waals surface area contributed by atoms with E-state index in [0.29, 0.717) is 12.8 Å². The van der Waals surface area contributed by atoms with Gasteiger partial charge >= 0.3 is 11.9 Å². The molecule has 5 nitrogen and oxygen atoms in total. The van der Waals surface area contributed by atoms with Crippen molar-refractivity contribution in [2.24, 2.45) is 0 Å². The molecule has 1 fully saturated rings. The molecule has 2 unspecified atom stereocenters. The largest absolute Gasteiger partial charge is 0.458 e. The van der Waals surface area contributed by atoms with Gasteiger partial charge in [0.15, 0.2) is 0 Å². The van der Waals surface area contributed by atoms with E-state index in [1.54, 1.807) is 0 Å². The predicted molar refractivity (Wildman–Crippen MR) is 205 cm³/mol. The van der Waals surface area contributed by atoms with Crippen LogP contribution in [0.4, 0.5) is 0 Å². The van der Waals surface area contributed by atoms with Gasteiger partial charge in [-0.25, -0.2) is 0 Å². The number of esters is 2. The topological polar surface area (TPSA) is 55.8 Å². The maximum atomic E-state index is 12.7. The van der Waals surface area contributed by atoms with Gasteiger partial charge in [0.1, 0.15) is 12.2 Å². The van der Waals surface area contributed by atoms with Crippen LogP contribution in [0.1, 0.15) is 181 Å². The molecule has 0 aliphatic heterocycles. The number of nitrogens with zero attached hydrogens (tertiary/aromatic N) is 1. The summed E-state index contributed by atoms with van der Waals surface area (Å²) in [7, 11) is 4.08. The first-order valence-electron chi connectivity index (χ1n) is 20.1. The number of hydrogen-bond acceptors (Lipinski definition) is 5. The molecule has 0 N–H and O–H groups in total. The smallest absolute Gasteiger partial charge is 0.306 e. The van der Waals surface area contributed by atoms with Crippen LogP contribution in [0.5, 0.6) is 0 Å². The van der Waals surface area contributed by atoms with E-state index in [-0.39, 0.29) is 30.2 Å². The molecule has 48 heavy (non-hydrogen) atoms. The summed E-state index contributed by atoms with van der Waals surface area (Å²) in [6, 6.07) is 0.257. The van der Waals surface area contributed by atoms with Gasteiger partial charge in [-0.05, 0) is 91.1 Å². The molecular formula is C43H75NO4. The molecule has 0 heterocycles. The number of carbonyl (C=O) groups excluding carboxylic acids is 2. The van der Waals surface area contributed by atoms with Crippen molar-refractivity contribution < 1.29 is 19.1 Å². The summed E-state index contributed by atoms with van der Waals surface area (Å²) < 4.78 is 11.8. The highest BCUT2D eigenvalue weighted by atomic mass is 16.6. The number of unbranched alkanes of at least 4 members (excludes halogenated alkanes) is 16. The van der Waals surface area contributed by atoms with E-state index in [1.807, 2.05) is 14.1 Å². The van der Waals surface area contributed by atoms with E-state index in [9.17, 15) is 9.59 Å². The van der Waals surface area contributed by atoms with Gasteiger partial charge in [-0.2, -0.15) is 0 Å². The molecule has 0 aromatic rings. The third-order valence-electron chi connectivity index (χ3n) is 9.38. The molecule has 0 bridgehead atoms. The summed E-state index contributed by atoms with van der Waals surface area (Å²) in [5.41, 5.74) is 0. The normalized spacial score (nSPS) is 18.4. The molecule has 0 saturated heterocycles. The van der Waals surface area contributed by atoms with Crippen molar-refractivity contribution in [3.05, 3.63) is 48.6 Å². The molecule has 0 spiro atoms. The highest BCUT2D eigenvalue weighted by molar-refractivity contribution is 5.70. The van der Waals surface area contributed by atoms with Gasteiger partial charge < -0.3 is 14.4 Å². The van der Waals surface area contributed by atoms with Crippen LogP contribution in [0.2, 0.25) is 0 Å². The monoisotopic (exact) mass is 670 g/mol. The third kappa shape index (κ3) is 25.8. The van der Waals surface area contributed by atoms with Crippen molar-refractivity contribution in [2.75, 3.05) is 14.1 Å². The van der Waals surface area contributed by atoms with Crippen LogP contribution in [0.15, 0.2) is 48.6 Å². The third-order valence-corrected chi connectivity index (χ3v) is 9.38. The second-order valence-electron chi connectivity index (χ2n) is 14.1. The van der Waals surface area contributed by atoms with E-state index in [0.717, 1.165) is 77.0 Å². The number of ether oxygens (including phenoxy) is 2. The van der Waals surface area contributed by atoms with Crippen molar-refractivity contribution in [3.8, 4) is 0 Å². The molecule has 0 radical (unpaired) electrons. The molecule has 2 atom stereocenters. The first kappa shape index (κ1) is 43.9. The van der Waals surface area contributed by atoms with Gasteiger partial charge in [-0.15, -0.1) is 0 Å². The molecule has 5 heteroatoms. The maximum absolute atomic E-state index is 12.7. The summed E-state index contributed by atoms with van der Waals surface area (Å²) in [5.74, 6) is -0.306. The Morgan fingerprint density at radius 2 is 0.833 bits per heavy atom. The molecule has 1 aliphatic rings. The van der Waals surface area contributed by atoms with Crippen LogP contribution in [-0.4, -0.2) is 49.2 Å². The second kappa shape index (κ2) is 32.1. The molecule has 276 valence electrons. The molecule has 1 saturated carbocycles. The Morgan fingerprint density at radius 3 is 1.19 bits per heavy atom. The fraction of sp³-hybridized carbons (Fsp3) is 0.767. The Balaban J connectivity index is 2.14. The minimum atomic E-state index is -0.337. The SMILES string of the molecule is CCCCCC=CCC=CCCCCCCCC(=O)OC1CC(N(C)C)CC1OC(=O)CCCCCCCC=CCC=CCCCCC. The highest BCUT2D eigenvalue weighted by Gasteiger charge is 2.40. The molecular weight excluding hydrogens is 594 g/mol. The predicted octanol–water partition coefficient (Wildman–Crippen LogP) is 12.2. The average Bonchev–Trinajstić information content (AvgIpc) is 3.46. The Morgan fingerprint density at radius 1 is 0.500 bits per heavy atom. The summed E-state index contributed by atoms with van der Waals surface area (Å²) in [5, 5.41) is 0. The minimum Gasteiger partial charge on any atom is -0.458 e. The van der Waals surface area contributed by atoms with Crippen molar-refractivity contribution in [1.82, 2.24) is 4.90 Å². The Bertz CT molecular complexity index is 821. The van der Waals surface area contributed by atoms with Crippen molar-refractivity contribution in [2.45, 2.75) is 199 Å². The second-order valence-corrected chi connectivity index (χ2v) is 14.1. The zero-order chi connectivity index (χ0) is 34.9. The number of carbonyl (C=O) groups is 2. The first-order chi connectivity index (χ1) is 23.5. The maximum Gasteiger partial charge on any atom is 0.306 e. The standard InChI is InChI=1S/C43H75NO4/c1-5-7-9-11-13-15-17-19-21-23-25-27-29-31-33-35-42(45)47-40-37-39(44(3)4)38-41(40)48-43(46)36-34-32-30-28-26-24-22-20-18-16-14-12-10-8-6-2/h13-16,19-22,39-41H,5-12,17-18,23-38H2,1-4H3. The summed E-state index contributed by atoms with van der Waals surface area (Å²) in [4.78, 5) is 27.5. The lowest BCUT2D eigenvalue weighted by Crippen LogP contribution is -2.30. The van der Waals surface area contributed by atoms with Crippen LogP contribution in [-0.2, 0) is 19.1 Å². The van der Waals surface area contributed by atoms with Crippen LogP contribution in [0, 0.1) is 0 Å². The van der Waals surface area contributed by atoms with Crippen LogP contribution < -0.4 is 0 Å². The van der Waals surface area contributed by atoms with Gasteiger partial charge in [0.05, 0.1) is 0 Å². The molecule has 0 amide bonds. The lowest BCUT2D eigenvalue weighted by atomic mass is 10.1. The molecule has 0 aromatic carbocycles. The van der Waals surface area contributed by atoms with Gasteiger partial charge in [-0.3, -0.25) is 9.59 Å². The van der Waals surface area contributed by atoms with Crippen molar-refractivity contribution in [1.29, 1.82) is 0 Å². The number of hydrogen-bond donors (Lipinski definition) is 0. The zero-order valence-electron chi connectivity index (χ0n) is 31.8. The lowest BCUT2D eigenvalue weighted by molar-refractivity contribution is -0.165. The Hall–Kier alpha value is -2.14. The van der Waals surface area contributed by atoms with Crippen LogP contribution in [0.25, 0.3) is 0 Å². The Kier molecular flexibility index (Phi) is 29.3. The fourth-order valence-electron chi connectivity index (χ4n) is 6.22. The average molecular weight is 670 g/mol. The quantitative estimate of drug-likeness (QED) is 0.0418. The zero-order valence-corrected chi connectivity index (χ0v) is 31.8. The molecule has 1 rings (SSSR count). The number of allylic oxidation sites excluding steroid dienone is 8. The van der Waals surface area contributed by atoms with E-state index < -0.39 is 0 Å². The lowest BCUT2D eigenvalue weighted by Gasteiger charge is -2.20. The fourth-order valence-corrected chi connectivity index (χ4v) is 6.22. The summed E-state index contributed by atoms with van der Waals surface area (Å²) in [6.45, 7) is 4.49. The van der Waals surface area contributed by atoms with Crippen molar-refractivity contribution in [3.63, 3.8) is 0 Å². The van der Waals surface area contributed by atoms with E-state index >= 15 is 0 Å². The summed E-state index contributed by atoms with van der Waals surface area (Å²) >= 11 is 0. The van der Waals surface area contributed by atoms with Gasteiger partial charge in [0.2, 0.25) is 0 Å². The van der Waals surface area contributed by atoms with Crippen LogP contribution in [0.3, 0.4) is 0 Å². The Labute approximate surface area is 297 Å².